The molecule has 1 nitrogen and oxygen atoms in total. The molecule has 0 radical (unpaired) electrons. The van der Waals surface area contributed by atoms with Gasteiger partial charge in [-0.25, -0.2) is 0 Å². The van der Waals surface area contributed by atoms with E-state index in [0.29, 0.717) is 11.2 Å². The van der Waals surface area contributed by atoms with Crippen molar-refractivity contribution in [3.05, 3.63) is 35.9 Å². The van der Waals surface area contributed by atoms with Crippen molar-refractivity contribution in [3.63, 3.8) is 0 Å². The number of aliphatic hydroxyl groups excluding tert-OH is 1. The monoisotopic (exact) mass is 290 g/mol. The summed E-state index contributed by atoms with van der Waals surface area (Å²) in [5.41, 5.74) is 1.66. The Hall–Kier alpha value is -0.600. The molecule has 5 atom stereocenters. The maximum atomic E-state index is 10.9. The molecule has 0 saturated heterocycles. The van der Waals surface area contributed by atoms with Crippen LogP contribution in [0.15, 0.2) is 30.3 Å². The molecule has 1 aromatic rings. The SMILES string of the molecule is C/S(=C\c1ccccc1)[C@@H]1[C@H]2CC[C@@](C)([C@@H]1O)C2(C)C. The third-order valence-electron chi connectivity index (χ3n) is 6.29. The zero-order valence-corrected chi connectivity index (χ0v) is 13.8. The van der Waals surface area contributed by atoms with E-state index < -0.39 is 0 Å². The van der Waals surface area contributed by atoms with Gasteiger partial charge in [0.05, 0.1) is 6.10 Å². The van der Waals surface area contributed by atoms with Gasteiger partial charge in [0.2, 0.25) is 0 Å². The highest BCUT2D eigenvalue weighted by molar-refractivity contribution is 8.15. The van der Waals surface area contributed by atoms with Crippen molar-refractivity contribution >= 4 is 15.9 Å². The molecule has 2 bridgehead atoms. The van der Waals surface area contributed by atoms with E-state index in [2.05, 4.69) is 62.7 Å². The molecule has 0 spiro atoms. The Morgan fingerprint density at radius 1 is 1.20 bits per heavy atom. The van der Waals surface area contributed by atoms with Crippen molar-refractivity contribution in [2.75, 3.05) is 6.26 Å². The van der Waals surface area contributed by atoms with Crippen LogP contribution in [-0.4, -0.2) is 28.1 Å². The van der Waals surface area contributed by atoms with Gasteiger partial charge in [-0.1, -0.05) is 51.1 Å². The molecule has 2 saturated carbocycles. The zero-order valence-electron chi connectivity index (χ0n) is 13.0. The van der Waals surface area contributed by atoms with Crippen LogP contribution < -0.4 is 0 Å². The second-order valence-electron chi connectivity index (χ2n) is 7.33. The lowest BCUT2D eigenvalue weighted by molar-refractivity contribution is 0.0148. The molecule has 2 aliphatic rings. The molecule has 3 rings (SSSR count). The summed E-state index contributed by atoms with van der Waals surface area (Å²) >= 11 is 0. The summed E-state index contributed by atoms with van der Waals surface area (Å²) in [6, 6.07) is 10.6. The number of rotatable bonds is 2. The lowest BCUT2D eigenvalue weighted by atomic mass is 9.70. The fourth-order valence-electron chi connectivity index (χ4n) is 4.54. The summed E-state index contributed by atoms with van der Waals surface area (Å²) in [7, 11) is 0.127. The van der Waals surface area contributed by atoms with Crippen molar-refractivity contribution < 1.29 is 5.11 Å². The fraction of sp³-hybridized carbons (Fsp3) is 0.611. The fourth-order valence-corrected chi connectivity index (χ4v) is 6.98. The van der Waals surface area contributed by atoms with Gasteiger partial charge >= 0.3 is 0 Å². The van der Waals surface area contributed by atoms with E-state index >= 15 is 0 Å². The third kappa shape index (κ3) is 1.84. The topological polar surface area (TPSA) is 20.2 Å². The lowest BCUT2D eigenvalue weighted by Crippen LogP contribution is -2.39. The smallest absolute Gasteiger partial charge is 0.0715 e. The van der Waals surface area contributed by atoms with Gasteiger partial charge in [0.1, 0.15) is 0 Å². The van der Waals surface area contributed by atoms with Crippen molar-refractivity contribution in [3.8, 4) is 0 Å². The Morgan fingerprint density at radius 2 is 1.85 bits per heavy atom. The molecule has 1 unspecified atom stereocenters. The molecule has 1 N–H and O–H groups in total. The summed E-state index contributed by atoms with van der Waals surface area (Å²) in [4.78, 5) is 0. The Balaban J connectivity index is 1.94. The molecular formula is C18H26OS. The first kappa shape index (κ1) is 14.3. The third-order valence-corrected chi connectivity index (χ3v) is 8.37. The van der Waals surface area contributed by atoms with Crippen molar-refractivity contribution in [1.29, 1.82) is 0 Å². The molecule has 0 amide bonds. The van der Waals surface area contributed by atoms with Crippen LogP contribution in [0, 0.1) is 16.7 Å². The molecule has 0 aliphatic heterocycles. The molecule has 0 aromatic heterocycles. The first-order valence-electron chi connectivity index (χ1n) is 7.59. The predicted octanol–water partition coefficient (Wildman–Crippen LogP) is 3.92. The Morgan fingerprint density at radius 3 is 2.40 bits per heavy atom. The van der Waals surface area contributed by atoms with E-state index in [9.17, 15) is 5.11 Å². The molecule has 20 heavy (non-hydrogen) atoms. The summed E-state index contributed by atoms with van der Waals surface area (Å²) in [6.45, 7) is 7.04. The van der Waals surface area contributed by atoms with Crippen LogP contribution in [0.25, 0.3) is 0 Å². The average Bonchev–Trinajstić information content (AvgIpc) is 2.72. The van der Waals surface area contributed by atoms with Gasteiger partial charge in [-0.2, -0.15) is 10.5 Å². The molecule has 110 valence electrons. The van der Waals surface area contributed by atoms with Crippen LogP contribution in [-0.2, 0) is 0 Å². The minimum atomic E-state index is -0.149. The highest BCUT2D eigenvalue weighted by Gasteiger charge is 2.65. The standard InChI is InChI=1S/C18H26OS/c1-17(2)14-10-11-18(17,3)16(19)15(14)20(4)12-13-8-6-5-7-9-13/h5-9,12,14-16,19H,10-11H2,1-4H3/t14-,15-,16-,18+,20?/m1/s1. The van der Waals surface area contributed by atoms with Crippen LogP contribution in [0.5, 0.6) is 0 Å². The molecule has 2 heteroatoms. The van der Waals surface area contributed by atoms with Gasteiger partial charge in [-0.15, -0.1) is 0 Å². The first-order chi connectivity index (χ1) is 9.38. The molecule has 2 fully saturated rings. The number of fused-ring (bicyclic) bond motifs is 2. The summed E-state index contributed by atoms with van der Waals surface area (Å²) in [5, 5.41) is 13.7. The number of benzene rings is 1. The van der Waals surface area contributed by atoms with Gasteiger partial charge < -0.3 is 5.11 Å². The Labute approximate surface area is 125 Å². The van der Waals surface area contributed by atoms with Crippen LogP contribution in [0.1, 0.15) is 39.2 Å². The van der Waals surface area contributed by atoms with Crippen LogP contribution in [0.4, 0.5) is 0 Å². The van der Waals surface area contributed by atoms with Gasteiger partial charge in [-0.3, -0.25) is 0 Å². The van der Waals surface area contributed by atoms with E-state index in [1.807, 2.05) is 0 Å². The first-order valence-corrected chi connectivity index (χ1v) is 9.35. The van der Waals surface area contributed by atoms with Gasteiger partial charge in [0, 0.05) is 5.25 Å². The average molecular weight is 290 g/mol. The minimum Gasteiger partial charge on any atom is -0.391 e. The van der Waals surface area contributed by atoms with Crippen molar-refractivity contribution in [2.45, 2.75) is 45.0 Å². The highest BCUT2D eigenvalue weighted by atomic mass is 32.2. The van der Waals surface area contributed by atoms with E-state index in [0.717, 1.165) is 0 Å². The maximum Gasteiger partial charge on any atom is 0.0715 e. The van der Waals surface area contributed by atoms with Gasteiger partial charge in [0.25, 0.3) is 0 Å². The normalized spacial score (nSPS) is 40.1. The molecule has 0 heterocycles. The minimum absolute atomic E-state index is 0.105. The van der Waals surface area contributed by atoms with Crippen molar-refractivity contribution in [1.82, 2.24) is 0 Å². The van der Waals surface area contributed by atoms with E-state index in [-0.39, 0.29) is 27.4 Å². The summed E-state index contributed by atoms with van der Waals surface area (Å²) in [6.07, 6.45) is 4.63. The zero-order chi connectivity index (χ0) is 14.5. The van der Waals surface area contributed by atoms with E-state index in [1.54, 1.807) is 0 Å². The molecular weight excluding hydrogens is 264 g/mol. The number of aliphatic hydroxyl groups is 1. The number of hydrogen-bond donors (Lipinski definition) is 1. The predicted molar refractivity (Wildman–Crippen MR) is 89.5 cm³/mol. The van der Waals surface area contributed by atoms with E-state index in [1.165, 1.54) is 18.4 Å². The maximum absolute atomic E-state index is 10.9. The quantitative estimate of drug-likeness (QED) is 0.819. The Bertz CT molecular complexity index is 534. The largest absolute Gasteiger partial charge is 0.391 e. The highest BCUT2D eigenvalue weighted by Crippen LogP contribution is 2.68. The second-order valence-corrected chi connectivity index (χ2v) is 9.32. The second kappa shape index (κ2) is 4.71. The van der Waals surface area contributed by atoms with E-state index in [4.69, 9.17) is 0 Å². The van der Waals surface area contributed by atoms with Crippen LogP contribution in [0.3, 0.4) is 0 Å². The lowest BCUT2D eigenvalue weighted by Gasteiger charge is -2.37. The van der Waals surface area contributed by atoms with Gasteiger partial charge in [0.15, 0.2) is 0 Å². The van der Waals surface area contributed by atoms with Crippen molar-refractivity contribution in [2.24, 2.45) is 16.7 Å². The summed E-state index contributed by atoms with van der Waals surface area (Å²) < 4.78 is 0. The Kier molecular flexibility index (Phi) is 3.38. The van der Waals surface area contributed by atoms with Crippen LogP contribution in [0.2, 0.25) is 0 Å². The molecule has 1 aromatic carbocycles. The summed E-state index contributed by atoms with van der Waals surface area (Å²) in [5.74, 6) is 0.663. The van der Waals surface area contributed by atoms with Gasteiger partial charge in [-0.05, 0) is 46.8 Å². The number of hydrogen-bond acceptors (Lipinski definition) is 1. The molecule has 2 aliphatic carbocycles. The van der Waals surface area contributed by atoms with Crippen LogP contribution >= 0.6 is 10.5 Å².